The molecule has 2 aromatic carbocycles. The number of halogens is 2. The van der Waals surface area contributed by atoms with Crippen molar-refractivity contribution in [1.29, 1.82) is 0 Å². The zero-order valence-corrected chi connectivity index (χ0v) is 12.0. The Balaban J connectivity index is 2.07. The van der Waals surface area contributed by atoms with Gasteiger partial charge in [0.25, 0.3) is 0 Å². The van der Waals surface area contributed by atoms with Gasteiger partial charge < -0.3 is 16.4 Å². The molecule has 0 aliphatic rings. The molecule has 0 atom stereocenters. The Hall–Kier alpha value is -1.75. The summed E-state index contributed by atoms with van der Waals surface area (Å²) in [6, 6.07) is 11.7. The maximum atomic E-state index is 11.9. The van der Waals surface area contributed by atoms with Crippen LogP contribution in [0.2, 0.25) is 10.0 Å². The first-order valence-corrected chi connectivity index (χ1v) is 6.66. The number of benzene rings is 2. The van der Waals surface area contributed by atoms with Gasteiger partial charge in [-0.25, -0.2) is 4.79 Å². The average molecular weight is 310 g/mol. The third-order valence-electron chi connectivity index (χ3n) is 2.60. The molecule has 0 saturated carbocycles. The molecule has 0 aliphatic heterocycles. The second-order valence-corrected chi connectivity index (χ2v) is 4.95. The maximum absolute atomic E-state index is 11.9. The molecular weight excluding hydrogens is 297 g/mol. The van der Waals surface area contributed by atoms with E-state index in [-0.39, 0.29) is 0 Å². The predicted octanol–water partition coefficient (Wildman–Crippen LogP) is 4.10. The van der Waals surface area contributed by atoms with Gasteiger partial charge >= 0.3 is 6.03 Å². The van der Waals surface area contributed by atoms with Crippen molar-refractivity contribution in [2.24, 2.45) is 5.73 Å². The molecule has 0 aromatic heterocycles. The van der Waals surface area contributed by atoms with Gasteiger partial charge in [-0.05, 0) is 35.9 Å². The first-order valence-electron chi connectivity index (χ1n) is 5.90. The molecule has 104 valence electrons. The molecule has 6 heteroatoms. The number of hydrogen-bond donors (Lipinski definition) is 3. The fraction of sp³-hybridized carbons (Fsp3) is 0.0714. The lowest BCUT2D eigenvalue weighted by atomic mass is 10.2. The van der Waals surface area contributed by atoms with Gasteiger partial charge in [-0.2, -0.15) is 0 Å². The zero-order chi connectivity index (χ0) is 14.5. The van der Waals surface area contributed by atoms with E-state index in [1.807, 2.05) is 12.1 Å². The molecule has 0 aliphatic carbocycles. The molecule has 0 unspecified atom stereocenters. The fourth-order valence-electron chi connectivity index (χ4n) is 1.65. The van der Waals surface area contributed by atoms with Crippen molar-refractivity contribution < 1.29 is 4.79 Å². The highest BCUT2D eigenvalue weighted by atomic mass is 35.5. The minimum absolute atomic E-state index is 0.400. The summed E-state index contributed by atoms with van der Waals surface area (Å²) in [5.74, 6) is 0. The molecule has 2 aromatic rings. The van der Waals surface area contributed by atoms with Gasteiger partial charge in [0.1, 0.15) is 0 Å². The SMILES string of the molecule is NCc1cccc(NC(=O)Nc2cc(Cl)ccc2Cl)c1. The molecule has 0 heterocycles. The molecule has 0 bridgehead atoms. The van der Waals surface area contributed by atoms with Crippen LogP contribution < -0.4 is 16.4 Å². The van der Waals surface area contributed by atoms with Crippen molar-refractivity contribution in [3.63, 3.8) is 0 Å². The van der Waals surface area contributed by atoms with Crippen LogP contribution in [0.5, 0.6) is 0 Å². The highest BCUT2D eigenvalue weighted by molar-refractivity contribution is 6.35. The van der Waals surface area contributed by atoms with Crippen molar-refractivity contribution in [2.45, 2.75) is 6.54 Å². The number of hydrogen-bond acceptors (Lipinski definition) is 2. The number of urea groups is 1. The molecule has 20 heavy (non-hydrogen) atoms. The van der Waals surface area contributed by atoms with Crippen LogP contribution >= 0.6 is 23.2 Å². The number of carbonyl (C=O) groups excluding carboxylic acids is 1. The quantitative estimate of drug-likeness (QED) is 0.799. The largest absolute Gasteiger partial charge is 0.326 e. The summed E-state index contributed by atoms with van der Waals surface area (Å²) in [5.41, 5.74) is 7.59. The Bertz CT molecular complexity index is 632. The van der Waals surface area contributed by atoms with Gasteiger partial charge in [0.15, 0.2) is 0 Å². The van der Waals surface area contributed by atoms with Gasteiger partial charge in [0.2, 0.25) is 0 Å². The first kappa shape index (κ1) is 14.7. The number of nitrogens with two attached hydrogens (primary N) is 1. The van der Waals surface area contributed by atoms with Crippen LogP contribution in [-0.2, 0) is 6.54 Å². The minimum atomic E-state index is -0.400. The smallest absolute Gasteiger partial charge is 0.323 e. The Kier molecular flexibility index (Phi) is 4.84. The van der Waals surface area contributed by atoms with E-state index in [1.54, 1.807) is 30.3 Å². The van der Waals surface area contributed by atoms with E-state index in [0.717, 1.165) is 5.56 Å². The summed E-state index contributed by atoms with van der Waals surface area (Å²) >= 11 is 11.8. The van der Waals surface area contributed by atoms with Gasteiger partial charge in [0, 0.05) is 17.3 Å². The van der Waals surface area contributed by atoms with Crippen molar-refractivity contribution >= 4 is 40.6 Å². The van der Waals surface area contributed by atoms with E-state index in [1.165, 1.54) is 0 Å². The number of nitrogens with one attached hydrogen (secondary N) is 2. The van der Waals surface area contributed by atoms with Gasteiger partial charge in [-0.3, -0.25) is 0 Å². The topological polar surface area (TPSA) is 67.1 Å². The van der Waals surface area contributed by atoms with E-state index in [9.17, 15) is 4.79 Å². The molecule has 2 amide bonds. The Morgan fingerprint density at radius 3 is 2.65 bits per heavy atom. The van der Waals surface area contributed by atoms with Crippen molar-refractivity contribution in [3.8, 4) is 0 Å². The Morgan fingerprint density at radius 2 is 1.90 bits per heavy atom. The third-order valence-corrected chi connectivity index (χ3v) is 3.16. The van der Waals surface area contributed by atoms with Crippen molar-refractivity contribution in [3.05, 3.63) is 58.1 Å². The fourth-order valence-corrected chi connectivity index (χ4v) is 1.99. The van der Waals surface area contributed by atoms with Gasteiger partial charge in [0.05, 0.1) is 10.7 Å². The van der Waals surface area contributed by atoms with Crippen LogP contribution in [0.1, 0.15) is 5.56 Å². The Labute approximate surface area is 126 Å². The monoisotopic (exact) mass is 309 g/mol. The van der Waals surface area contributed by atoms with E-state index < -0.39 is 6.03 Å². The number of amides is 2. The average Bonchev–Trinajstić information content (AvgIpc) is 2.43. The van der Waals surface area contributed by atoms with E-state index in [4.69, 9.17) is 28.9 Å². The van der Waals surface area contributed by atoms with Crippen LogP contribution in [0.3, 0.4) is 0 Å². The van der Waals surface area contributed by atoms with Gasteiger partial charge in [-0.1, -0.05) is 35.3 Å². The molecule has 0 fully saturated rings. The number of anilines is 2. The van der Waals surface area contributed by atoms with Crippen LogP contribution in [0.15, 0.2) is 42.5 Å². The summed E-state index contributed by atoms with van der Waals surface area (Å²) in [5, 5.41) is 6.26. The molecule has 0 saturated heterocycles. The second kappa shape index (κ2) is 6.61. The summed E-state index contributed by atoms with van der Waals surface area (Å²) in [6.07, 6.45) is 0. The lowest BCUT2D eigenvalue weighted by Crippen LogP contribution is -2.19. The van der Waals surface area contributed by atoms with Crippen LogP contribution in [0, 0.1) is 0 Å². The molecule has 0 radical (unpaired) electrons. The van der Waals surface area contributed by atoms with E-state index >= 15 is 0 Å². The maximum Gasteiger partial charge on any atom is 0.323 e. The minimum Gasteiger partial charge on any atom is -0.326 e. The number of rotatable bonds is 3. The summed E-state index contributed by atoms with van der Waals surface area (Å²) in [6.45, 7) is 0.414. The lowest BCUT2D eigenvalue weighted by Gasteiger charge is -2.10. The Morgan fingerprint density at radius 1 is 1.10 bits per heavy atom. The molecule has 0 spiro atoms. The summed E-state index contributed by atoms with van der Waals surface area (Å²) in [4.78, 5) is 11.9. The summed E-state index contributed by atoms with van der Waals surface area (Å²) < 4.78 is 0. The summed E-state index contributed by atoms with van der Waals surface area (Å²) in [7, 11) is 0. The van der Waals surface area contributed by atoms with Gasteiger partial charge in [-0.15, -0.1) is 0 Å². The lowest BCUT2D eigenvalue weighted by molar-refractivity contribution is 0.262. The van der Waals surface area contributed by atoms with E-state index in [2.05, 4.69) is 10.6 Å². The molecule has 4 nitrogen and oxygen atoms in total. The first-order chi connectivity index (χ1) is 9.58. The normalized spacial score (nSPS) is 10.2. The third kappa shape index (κ3) is 3.87. The van der Waals surface area contributed by atoms with Crippen molar-refractivity contribution in [2.75, 3.05) is 10.6 Å². The molecule has 2 rings (SSSR count). The zero-order valence-electron chi connectivity index (χ0n) is 10.5. The van der Waals surface area contributed by atoms with E-state index in [0.29, 0.717) is 28.0 Å². The molecular formula is C14H13Cl2N3O. The van der Waals surface area contributed by atoms with Crippen LogP contribution in [0.4, 0.5) is 16.2 Å². The molecule has 4 N–H and O–H groups in total. The van der Waals surface area contributed by atoms with Crippen LogP contribution in [-0.4, -0.2) is 6.03 Å². The van der Waals surface area contributed by atoms with Crippen molar-refractivity contribution in [1.82, 2.24) is 0 Å². The predicted molar refractivity (Wildman–Crippen MR) is 83.4 cm³/mol. The highest BCUT2D eigenvalue weighted by Gasteiger charge is 2.07. The second-order valence-electron chi connectivity index (χ2n) is 4.11. The highest BCUT2D eigenvalue weighted by Crippen LogP contribution is 2.25. The van der Waals surface area contributed by atoms with Crippen LogP contribution in [0.25, 0.3) is 0 Å². The number of carbonyl (C=O) groups is 1. The standard InChI is InChI=1S/C14H13Cl2N3O/c15-10-4-5-12(16)13(7-10)19-14(20)18-11-3-1-2-9(6-11)8-17/h1-7H,8,17H2,(H2,18,19,20).